The molecule has 0 radical (unpaired) electrons. The van der Waals surface area contributed by atoms with Gasteiger partial charge in [0.1, 0.15) is 0 Å². The molecular weight excluding hydrogens is 655 g/mol. The molecule has 0 aliphatic rings. The fourth-order valence-electron chi connectivity index (χ4n) is 4.54. The Kier molecular flexibility index (Phi) is 4.69. The molecule has 0 amide bonds. The molecule has 0 fully saturated rings. The van der Waals surface area contributed by atoms with E-state index in [0.717, 1.165) is 43.4 Å². The van der Waals surface area contributed by atoms with Crippen molar-refractivity contribution in [3.05, 3.63) is 70.7 Å². The van der Waals surface area contributed by atoms with Crippen molar-refractivity contribution in [1.82, 2.24) is 0 Å². The van der Waals surface area contributed by atoms with Crippen molar-refractivity contribution < 1.29 is 13.2 Å². The third-order valence-corrected chi connectivity index (χ3v) is 15.9. The van der Waals surface area contributed by atoms with Gasteiger partial charge in [-0.3, -0.25) is 0 Å². The topological polar surface area (TPSA) is 0 Å². The molecule has 0 aliphatic heterocycles. The standard InChI is InChI=1S/C26H9F3S4Se2/c27-14-3-5-31-24(14)26-21(29)13-7-17-11(9-19(13)35-26)23-22(33-17)10-8-18-12(6-16(10)32-23)20(28)25(34-18)15-2-1-4-30-15/h1-9H. The van der Waals surface area contributed by atoms with Crippen molar-refractivity contribution in [3.8, 4) is 18.6 Å². The summed E-state index contributed by atoms with van der Waals surface area (Å²) >= 11 is 5.86. The van der Waals surface area contributed by atoms with E-state index in [1.165, 1.54) is 26.8 Å². The maximum absolute atomic E-state index is 15.3. The van der Waals surface area contributed by atoms with Gasteiger partial charge < -0.3 is 0 Å². The van der Waals surface area contributed by atoms with Crippen LogP contribution in [0.3, 0.4) is 0 Å². The van der Waals surface area contributed by atoms with E-state index >= 15 is 8.78 Å². The Labute approximate surface area is 224 Å². The molecule has 0 aliphatic carbocycles. The van der Waals surface area contributed by atoms with Crippen molar-refractivity contribution in [1.29, 1.82) is 0 Å². The van der Waals surface area contributed by atoms with E-state index < -0.39 is 0 Å². The number of halogens is 3. The van der Waals surface area contributed by atoms with Gasteiger partial charge in [-0.1, -0.05) is 0 Å². The molecule has 0 atom stereocenters. The van der Waals surface area contributed by atoms with Gasteiger partial charge in [0.15, 0.2) is 0 Å². The van der Waals surface area contributed by atoms with Gasteiger partial charge in [-0.25, -0.2) is 0 Å². The predicted molar refractivity (Wildman–Crippen MR) is 150 cm³/mol. The van der Waals surface area contributed by atoms with Crippen molar-refractivity contribution in [3.63, 3.8) is 0 Å². The number of rotatable bonds is 2. The zero-order valence-corrected chi connectivity index (χ0v) is 24.0. The summed E-state index contributed by atoms with van der Waals surface area (Å²) < 4.78 is 52.7. The minimum atomic E-state index is -0.346. The first-order chi connectivity index (χ1) is 17.1. The third kappa shape index (κ3) is 3.01. The summed E-state index contributed by atoms with van der Waals surface area (Å²) in [5.74, 6) is -0.712. The Bertz CT molecular complexity index is 2100. The van der Waals surface area contributed by atoms with E-state index in [1.807, 2.05) is 29.6 Å². The van der Waals surface area contributed by atoms with Crippen LogP contribution in [0.25, 0.3) is 67.5 Å². The van der Waals surface area contributed by atoms with Crippen LogP contribution in [0.4, 0.5) is 13.2 Å². The molecule has 8 aromatic rings. The second-order valence-electron chi connectivity index (χ2n) is 8.12. The van der Waals surface area contributed by atoms with E-state index in [4.69, 9.17) is 0 Å². The summed E-state index contributed by atoms with van der Waals surface area (Å²) in [7, 11) is 0. The molecule has 0 nitrogen and oxygen atoms in total. The summed E-state index contributed by atoms with van der Waals surface area (Å²) in [6, 6.07) is 13.6. The number of thiophene rings is 4. The normalized spacial score (nSPS) is 12.4. The Morgan fingerprint density at radius 2 is 1.26 bits per heavy atom. The van der Waals surface area contributed by atoms with Gasteiger partial charge in [-0.15, -0.1) is 0 Å². The molecule has 0 spiro atoms. The Morgan fingerprint density at radius 1 is 0.629 bits per heavy atom. The molecule has 8 rings (SSSR count). The van der Waals surface area contributed by atoms with E-state index in [9.17, 15) is 4.39 Å². The van der Waals surface area contributed by atoms with E-state index in [2.05, 4.69) is 12.1 Å². The van der Waals surface area contributed by atoms with Gasteiger partial charge in [0.25, 0.3) is 0 Å². The second kappa shape index (κ2) is 7.67. The van der Waals surface area contributed by atoms with Gasteiger partial charge in [0, 0.05) is 0 Å². The van der Waals surface area contributed by atoms with Crippen LogP contribution < -0.4 is 0 Å². The van der Waals surface area contributed by atoms with Crippen LogP contribution in [0.2, 0.25) is 0 Å². The zero-order valence-electron chi connectivity index (χ0n) is 17.3. The molecular formula is C26H9F3S4Se2. The first-order valence-electron chi connectivity index (χ1n) is 10.5. The Morgan fingerprint density at radius 3 is 1.83 bits per heavy atom. The first-order valence-corrected chi connectivity index (χ1v) is 17.3. The molecule has 6 aromatic heterocycles. The average Bonchev–Trinajstić information content (AvgIpc) is 3.67. The van der Waals surface area contributed by atoms with Crippen molar-refractivity contribution in [2.45, 2.75) is 0 Å². The Balaban J connectivity index is 1.37. The van der Waals surface area contributed by atoms with Crippen LogP contribution in [0.15, 0.2) is 53.2 Å². The molecule has 0 unspecified atom stereocenters. The molecule has 2 aromatic carbocycles. The molecule has 0 saturated heterocycles. The summed E-state index contributed by atoms with van der Waals surface area (Å²) in [5, 5.41) is 7.28. The molecule has 6 heterocycles. The number of fused-ring (bicyclic) bond motifs is 7. The third-order valence-electron chi connectivity index (χ3n) is 6.15. The van der Waals surface area contributed by atoms with Crippen LogP contribution in [0.5, 0.6) is 0 Å². The summed E-state index contributed by atoms with van der Waals surface area (Å²) in [4.78, 5) is 1.43. The number of hydrogen-bond acceptors (Lipinski definition) is 4. The van der Waals surface area contributed by atoms with Gasteiger partial charge in [0.2, 0.25) is 0 Å². The minimum absolute atomic E-state index is 0.0610. The van der Waals surface area contributed by atoms with Crippen molar-refractivity contribution >= 4 is 123 Å². The fourth-order valence-corrected chi connectivity index (χ4v) is 14.0. The van der Waals surface area contributed by atoms with Crippen LogP contribution in [0.1, 0.15) is 0 Å². The van der Waals surface area contributed by atoms with Crippen LogP contribution in [-0.2, 0) is 0 Å². The van der Waals surface area contributed by atoms with Gasteiger partial charge >= 0.3 is 226 Å². The summed E-state index contributed by atoms with van der Waals surface area (Å²) in [6.45, 7) is 0. The molecule has 0 N–H and O–H groups in total. The average molecular weight is 665 g/mol. The summed E-state index contributed by atoms with van der Waals surface area (Å²) in [5.41, 5.74) is 0. The summed E-state index contributed by atoms with van der Waals surface area (Å²) in [6.07, 6.45) is 0. The van der Waals surface area contributed by atoms with Gasteiger partial charge in [-0.2, -0.15) is 0 Å². The van der Waals surface area contributed by atoms with Crippen LogP contribution in [0, 0.1) is 17.5 Å². The first kappa shape index (κ1) is 21.4. The number of benzene rings is 2. The van der Waals surface area contributed by atoms with Crippen molar-refractivity contribution in [2.24, 2.45) is 0 Å². The zero-order chi connectivity index (χ0) is 23.4. The molecule has 9 heteroatoms. The van der Waals surface area contributed by atoms with E-state index in [0.29, 0.717) is 14.7 Å². The molecule has 0 saturated carbocycles. The maximum atomic E-state index is 15.3. The number of hydrogen-bond donors (Lipinski definition) is 0. The van der Waals surface area contributed by atoms with Gasteiger partial charge in [0.05, 0.1) is 0 Å². The van der Waals surface area contributed by atoms with E-state index in [1.54, 1.807) is 39.4 Å². The Hall–Kier alpha value is -1.67. The van der Waals surface area contributed by atoms with Gasteiger partial charge in [-0.05, 0) is 0 Å². The fraction of sp³-hybridized carbons (Fsp3) is 0. The quantitative estimate of drug-likeness (QED) is 0.162. The second-order valence-corrected chi connectivity index (χ2v) is 16.5. The monoisotopic (exact) mass is 666 g/mol. The SMILES string of the molecule is Fc1ccsc1-c1[se]c2cc3c(cc2c1F)sc1c2cc4[se]c(-c5cccs5)c(F)c4cc2sc31. The van der Waals surface area contributed by atoms with Crippen molar-refractivity contribution in [2.75, 3.05) is 0 Å². The molecule has 170 valence electrons. The van der Waals surface area contributed by atoms with Crippen LogP contribution in [-0.4, -0.2) is 29.0 Å². The molecule has 0 bridgehead atoms. The molecule has 35 heavy (non-hydrogen) atoms. The predicted octanol–water partition coefficient (Wildman–Crippen LogP) is 9.56. The van der Waals surface area contributed by atoms with Crippen LogP contribution >= 0.6 is 45.3 Å². The van der Waals surface area contributed by atoms with E-state index in [-0.39, 0.29) is 46.5 Å².